The first-order valence-corrected chi connectivity index (χ1v) is 8.59. The minimum Gasteiger partial charge on any atom is -0.451 e. The monoisotopic (exact) mass is 343 g/mol. The van der Waals surface area contributed by atoms with Crippen molar-refractivity contribution in [3.8, 4) is 0 Å². The highest BCUT2D eigenvalue weighted by atomic mass is 16.5. The Morgan fingerprint density at radius 1 is 1.12 bits per heavy atom. The lowest BCUT2D eigenvalue weighted by Gasteiger charge is -2.16. The summed E-state index contributed by atoms with van der Waals surface area (Å²) in [6, 6.07) is 6.79. The Labute approximate surface area is 144 Å². The minimum atomic E-state index is -0.733. The summed E-state index contributed by atoms with van der Waals surface area (Å²) in [4.78, 5) is 36.0. The molecule has 0 saturated heterocycles. The van der Waals surface area contributed by atoms with Crippen LogP contribution in [-0.2, 0) is 9.53 Å². The number of H-pyrrole nitrogens is 1. The minimum absolute atomic E-state index is 0.00235. The molecule has 1 amide bonds. The summed E-state index contributed by atoms with van der Waals surface area (Å²) < 4.78 is 5.08. The van der Waals surface area contributed by atoms with E-state index in [1.807, 2.05) is 0 Å². The molecule has 1 aromatic heterocycles. The Morgan fingerprint density at radius 2 is 1.80 bits per heavy atom. The number of rotatable bonds is 4. The van der Waals surface area contributed by atoms with E-state index in [0.717, 1.165) is 25.7 Å². The second kappa shape index (κ2) is 7.92. The number of aromatic nitrogens is 2. The predicted octanol–water partition coefficient (Wildman–Crippen LogP) is 1.92. The van der Waals surface area contributed by atoms with Crippen molar-refractivity contribution < 1.29 is 14.3 Å². The van der Waals surface area contributed by atoms with E-state index in [-0.39, 0.29) is 29.8 Å². The number of esters is 1. The molecule has 132 valence electrons. The summed E-state index contributed by atoms with van der Waals surface area (Å²) in [6.45, 7) is -0.357. The van der Waals surface area contributed by atoms with Gasteiger partial charge >= 0.3 is 5.97 Å². The summed E-state index contributed by atoms with van der Waals surface area (Å²) in [6.07, 6.45) is 6.55. The van der Waals surface area contributed by atoms with E-state index in [2.05, 4.69) is 15.5 Å². The molecular weight excluding hydrogens is 322 g/mol. The van der Waals surface area contributed by atoms with Crippen molar-refractivity contribution in [3.63, 3.8) is 0 Å². The average molecular weight is 343 g/mol. The number of fused-ring (bicyclic) bond motifs is 1. The number of nitrogens with one attached hydrogen (secondary N) is 2. The van der Waals surface area contributed by atoms with Gasteiger partial charge in [-0.2, -0.15) is 5.10 Å². The van der Waals surface area contributed by atoms with Crippen LogP contribution in [0, 0.1) is 0 Å². The number of benzene rings is 1. The molecule has 25 heavy (non-hydrogen) atoms. The van der Waals surface area contributed by atoms with Crippen molar-refractivity contribution >= 4 is 22.6 Å². The van der Waals surface area contributed by atoms with Gasteiger partial charge in [0, 0.05) is 11.4 Å². The number of carbonyl (C=O) groups is 2. The number of aromatic amines is 1. The van der Waals surface area contributed by atoms with Gasteiger partial charge < -0.3 is 10.1 Å². The smallest absolute Gasteiger partial charge is 0.359 e. The van der Waals surface area contributed by atoms with Crippen LogP contribution in [0.15, 0.2) is 29.1 Å². The standard InChI is InChI=1S/C18H21N3O4/c22-15(19-12-7-3-1-2-4-8-12)11-25-18(24)16-13-9-5-6-10-14(13)17(23)21-20-16/h5-6,9-10,12H,1-4,7-8,11H2,(H,19,22)(H,21,23). The predicted molar refractivity (Wildman–Crippen MR) is 92.3 cm³/mol. The largest absolute Gasteiger partial charge is 0.451 e. The molecule has 2 N–H and O–H groups in total. The van der Waals surface area contributed by atoms with Gasteiger partial charge in [0.1, 0.15) is 0 Å². The third-order valence-electron chi connectivity index (χ3n) is 4.44. The van der Waals surface area contributed by atoms with E-state index in [0.29, 0.717) is 10.8 Å². The first kappa shape index (κ1) is 17.1. The molecule has 7 nitrogen and oxygen atoms in total. The fraction of sp³-hybridized carbons (Fsp3) is 0.444. The van der Waals surface area contributed by atoms with Gasteiger partial charge in [-0.05, 0) is 18.9 Å². The maximum absolute atomic E-state index is 12.2. The molecule has 2 aromatic rings. The van der Waals surface area contributed by atoms with E-state index in [1.165, 1.54) is 12.8 Å². The van der Waals surface area contributed by atoms with Gasteiger partial charge in [0.25, 0.3) is 11.5 Å². The van der Waals surface area contributed by atoms with E-state index in [4.69, 9.17) is 4.74 Å². The molecule has 1 saturated carbocycles. The fourth-order valence-corrected chi connectivity index (χ4v) is 3.16. The Morgan fingerprint density at radius 3 is 2.52 bits per heavy atom. The third-order valence-corrected chi connectivity index (χ3v) is 4.44. The normalized spacial score (nSPS) is 15.5. The molecule has 1 fully saturated rings. The van der Waals surface area contributed by atoms with Crippen LogP contribution in [0.3, 0.4) is 0 Å². The lowest BCUT2D eigenvalue weighted by Crippen LogP contribution is -2.37. The summed E-state index contributed by atoms with van der Waals surface area (Å²) in [5, 5.41) is 9.72. The van der Waals surface area contributed by atoms with E-state index >= 15 is 0 Å². The molecule has 1 aromatic carbocycles. The number of carbonyl (C=O) groups excluding carboxylic acids is 2. The summed E-state index contributed by atoms with van der Waals surface area (Å²) in [7, 11) is 0. The molecule has 0 spiro atoms. The van der Waals surface area contributed by atoms with Gasteiger partial charge in [0.2, 0.25) is 0 Å². The molecule has 0 bridgehead atoms. The fourth-order valence-electron chi connectivity index (χ4n) is 3.16. The Kier molecular flexibility index (Phi) is 5.42. The second-order valence-electron chi connectivity index (χ2n) is 6.28. The van der Waals surface area contributed by atoms with Gasteiger partial charge in [0.05, 0.1) is 5.39 Å². The zero-order chi connectivity index (χ0) is 17.6. The Hall–Kier alpha value is -2.70. The van der Waals surface area contributed by atoms with Gasteiger partial charge in [0.15, 0.2) is 12.3 Å². The number of hydrogen-bond acceptors (Lipinski definition) is 5. The van der Waals surface area contributed by atoms with E-state index in [1.54, 1.807) is 24.3 Å². The first-order chi connectivity index (χ1) is 12.1. The zero-order valence-corrected chi connectivity index (χ0v) is 13.9. The van der Waals surface area contributed by atoms with Gasteiger partial charge in [-0.15, -0.1) is 0 Å². The first-order valence-electron chi connectivity index (χ1n) is 8.59. The van der Waals surface area contributed by atoms with Crippen molar-refractivity contribution in [3.05, 3.63) is 40.3 Å². The molecular formula is C18H21N3O4. The molecule has 0 radical (unpaired) electrons. The summed E-state index contributed by atoms with van der Waals surface area (Å²) in [5.41, 5.74) is -0.379. The van der Waals surface area contributed by atoms with Crippen molar-refractivity contribution in [1.82, 2.24) is 15.5 Å². The summed E-state index contributed by atoms with van der Waals surface area (Å²) in [5.74, 6) is -1.04. The quantitative estimate of drug-likeness (QED) is 0.652. The van der Waals surface area contributed by atoms with Crippen LogP contribution in [0.25, 0.3) is 10.8 Å². The topological polar surface area (TPSA) is 101 Å². The molecule has 3 rings (SSSR count). The SMILES string of the molecule is O=C(COC(=O)c1n[nH]c(=O)c2ccccc12)NC1CCCCCC1. The van der Waals surface area contributed by atoms with Crippen molar-refractivity contribution in [1.29, 1.82) is 0 Å². The highest BCUT2D eigenvalue weighted by Crippen LogP contribution is 2.17. The Bertz CT molecular complexity index is 822. The van der Waals surface area contributed by atoms with Crippen molar-refractivity contribution in [2.75, 3.05) is 6.61 Å². The lowest BCUT2D eigenvalue weighted by molar-refractivity contribution is -0.125. The van der Waals surface area contributed by atoms with Crippen LogP contribution in [-0.4, -0.2) is 34.7 Å². The highest BCUT2D eigenvalue weighted by molar-refractivity contribution is 6.02. The third kappa shape index (κ3) is 4.23. The van der Waals surface area contributed by atoms with Crippen LogP contribution >= 0.6 is 0 Å². The molecule has 1 heterocycles. The number of hydrogen-bond donors (Lipinski definition) is 2. The van der Waals surface area contributed by atoms with Gasteiger partial charge in [-0.3, -0.25) is 9.59 Å². The summed E-state index contributed by atoms with van der Waals surface area (Å²) >= 11 is 0. The van der Waals surface area contributed by atoms with Gasteiger partial charge in [-0.1, -0.05) is 43.9 Å². The number of amides is 1. The average Bonchev–Trinajstić information content (AvgIpc) is 2.89. The van der Waals surface area contributed by atoms with Crippen LogP contribution in [0.4, 0.5) is 0 Å². The molecule has 1 aliphatic carbocycles. The zero-order valence-electron chi connectivity index (χ0n) is 13.9. The van der Waals surface area contributed by atoms with Crippen LogP contribution in [0.2, 0.25) is 0 Å². The van der Waals surface area contributed by atoms with Crippen LogP contribution in [0.1, 0.15) is 49.0 Å². The molecule has 1 aliphatic rings. The lowest BCUT2D eigenvalue weighted by atomic mass is 10.1. The number of nitrogens with zero attached hydrogens (tertiary/aromatic N) is 1. The molecule has 0 aliphatic heterocycles. The van der Waals surface area contributed by atoms with Crippen LogP contribution < -0.4 is 10.9 Å². The molecule has 0 unspecified atom stereocenters. The maximum atomic E-state index is 12.2. The van der Waals surface area contributed by atoms with Gasteiger partial charge in [-0.25, -0.2) is 9.89 Å². The van der Waals surface area contributed by atoms with E-state index < -0.39 is 5.97 Å². The highest BCUT2D eigenvalue weighted by Gasteiger charge is 2.19. The number of ether oxygens (including phenoxy) is 1. The van der Waals surface area contributed by atoms with Crippen molar-refractivity contribution in [2.45, 2.75) is 44.6 Å². The Balaban J connectivity index is 1.62. The van der Waals surface area contributed by atoms with Crippen LogP contribution in [0.5, 0.6) is 0 Å². The molecule has 0 atom stereocenters. The second-order valence-corrected chi connectivity index (χ2v) is 6.28. The molecule has 7 heteroatoms. The van der Waals surface area contributed by atoms with E-state index in [9.17, 15) is 14.4 Å². The maximum Gasteiger partial charge on any atom is 0.359 e. The van der Waals surface area contributed by atoms with Crippen molar-refractivity contribution in [2.24, 2.45) is 0 Å².